The highest BCUT2D eigenvalue weighted by Crippen LogP contribution is 2.09. The lowest BCUT2D eigenvalue weighted by atomic mass is 10.3. The minimum atomic E-state index is -0.373. The molecule has 68 valence electrons. The van der Waals surface area contributed by atoms with Gasteiger partial charge in [0, 0.05) is 0 Å². The number of nitriles is 1. The molecule has 0 fully saturated rings. The molecule has 0 aliphatic rings. The van der Waals surface area contributed by atoms with Crippen LogP contribution < -0.4 is 0 Å². The zero-order valence-electron chi connectivity index (χ0n) is 7.05. The summed E-state index contributed by atoms with van der Waals surface area (Å²) in [5, 5.41) is 15.9. The van der Waals surface area contributed by atoms with Crippen molar-refractivity contribution in [1.82, 2.24) is 15.0 Å². The van der Waals surface area contributed by atoms with Crippen LogP contribution in [0, 0.1) is 17.1 Å². The van der Waals surface area contributed by atoms with Crippen LogP contribution in [0.1, 0.15) is 5.69 Å². The number of halogens is 1. The van der Waals surface area contributed by atoms with Gasteiger partial charge in [-0.2, -0.15) is 5.26 Å². The lowest BCUT2D eigenvalue weighted by Gasteiger charge is -2.00. The van der Waals surface area contributed by atoms with E-state index in [1.807, 2.05) is 6.07 Å². The Kier molecular flexibility index (Phi) is 1.95. The first-order valence-electron chi connectivity index (χ1n) is 3.88. The number of hydrogen-bond donors (Lipinski definition) is 0. The molecule has 14 heavy (non-hydrogen) atoms. The van der Waals surface area contributed by atoms with Crippen LogP contribution in [0.2, 0.25) is 0 Å². The molecule has 0 amide bonds. The van der Waals surface area contributed by atoms with Gasteiger partial charge < -0.3 is 0 Å². The van der Waals surface area contributed by atoms with E-state index in [0.717, 1.165) is 0 Å². The van der Waals surface area contributed by atoms with Crippen molar-refractivity contribution in [2.45, 2.75) is 0 Å². The van der Waals surface area contributed by atoms with Crippen LogP contribution >= 0.6 is 0 Å². The minimum Gasteiger partial charge on any atom is -0.207 e. The second-order valence-corrected chi connectivity index (χ2v) is 2.62. The third-order valence-corrected chi connectivity index (χ3v) is 1.72. The normalized spacial score (nSPS) is 9.71. The molecule has 4 nitrogen and oxygen atoms in total. The maximum Gasteiger partial charge on any atom is 0.164 e. The van der Waals surface area contributed by atoms with Gasteiger partial charge in [0.2, 0.25) is 0 Å². The SMILES string of the molecule is N#Cc1cnnn1-c1cccc(F)c1. The summed E-state index contributed by atoms with van der Waals surface area (Å²) in [6.07, 6.45) is 1.32. The highest BCUT2D eigenvalue weighted by Gasteiger charge is 2.05. The number of rotatable bonds is 1. The van der Waals surface area contributed by atoms with Gasteiger partial charge in [0.1, 0.15) is 11.9 Å². The van der Waals surface area contributed by atoms with Gasteiger partial charge in [-0.15, -0.1) is 5.10 Å². The Morgan fingerprint density at radius 1 is 1.43 bits per heavy atom. The van der Waals surface area contributed by atoms with Crippen LogP contribution in [-0.4, -0.2) is 15.0 Å². The van der Waals surface area contributed by atoms with E-state index in [2.05, 4.69) is 10.3 Å². The summed E-state index contributed by atoms with van der Waals surface area (Å²) in [7, 11) is 0. The average Bonchev–Trinajstić information content (AvgIpc) is 2.65. The van der Waals surface area contributed by atoms with Crippen molar-refractivity contribution in [3.8, 4) is 11.8 Å². The molecule has 0 N–H and O–H groups in total. The Bertz CT molecular complexity index is 498. The van der Waals surface area contributed by atoms with Gasteiger partial charge in [0.25, 0.3) is 0 Å². The maximum atomic E-state index is 12.9. The van der Waals surface area contributed by atoms with Crippen LogP contribution in [0.15, 0.2) is 30.5 Å². The summed E-state index contributed by atoms with van der Waals surface area (Å²) in [6.45, 7) is 0. The zero-order valence-corrected chi connectivity index (χ0v) is 7.05. The Morgan fingerprint density at radius 2 is 2.29 bits per heavy atom. The van der Waals surface area contributed by atoms with Crippen molar-refractivity contribution in [1.29, 1.82) is 5.26 Å². The molecular formula is C9H5FN4. The fraction of sp³-hybridized carbons (Fsp3) is 0. The summed E-state index contributed by atoms with van der Waals surface area (Å²) in [5.41, 5.74) is 0.759. The molecule has 1 aromatic carbocycles. The first-order chi connectivity index (χ1) is 6.81. The third kappa shape index (κ3) is 1.33. The van der Waals surface area contributed by atoms with Crippen molar-refractivity contribution < 1.29 is 4.39 Å². The number of aromatic nitrogens is 3. The molecule has 0 aliphatic heterocycles. The molecule has 1 heterocycles. The molecule has 0 saturated heterocycles. The van der Waals surface area contributed by atoms with Gasteiger partial charge in [0.15, 0.2) is 5.69 Å². The van der Waals surface area contributed by atoms with E-state index >= 15 is 0 Å². The molecule has 0 bridgehead atoms. The quantitative estimate of drug-likeness (QED) is 0.677. The molecule has 0 saturated carbocycles. The lowest BCUT2D eigenvalue weighted by Crippen LogP contribution is -1.99. The van der Waals surface area contributed by atoms with E-state index in [1.165, 1.54) is 23.0 Å². The molecule has 0 aliphatic carbocycles. The molecule has 1 aromatic heterocycles. The fourth-order valence-electron chi connectivity index (χ4n) is 1.11. The predicted molar refractivity (Wildman–Crippen MR) is 46.0 cm³/mol. The van der Waals surface area contributed by atoms with E-state index in [1.54, 1.807) is 12.1 Å². The van der Waals surface area contributed by atoms with E-state index in [-0.39, 0.29) is 11.5 Å². The number of hydrogen-bond acceptors (Lipinski definition) is 3. The maximum absolute atomic E-state index is 12.9. The van der Waals surface area contributed by atoms with Gasteiger partial charge in [0.05, 0.1) is 11.9 Å². The van der Waals surface area contributed by atoms with Crippen LogP contribution in [0.4, 0.5) is 4.39 Å². The summed E-state index contributed by atoms with van der Waals surface area (Å²) < 4.78 is 14.1. The third-order valence-electron chi connectivity index (χ3n) is 1.72. The van der Waals surface area contributed by atoms with Crippen molar-refractivity contribution in [3.63, 3.8) is 0 Å². The molecule has 2 aromatic rings. The van der Waals surface area contributed by atoms with Crippen LogP contribution in [0.25, 0.3) is 5.69 Å². The second kappa shape index (κ2) is 3.26. The van der Waals surface area contributed by atoms with Crippen molar-refractivity contribution >= 4 is 0 Å². The summed E-state index contributed by atoms with van der Waals surface area (Å²) in [6, 6.07) is 7.72. The minimum absolute atomic E-state index is 0.274. The molecule has 2 rings (SSSR count). The molecular weight excluding hydrogens is 183 g/mol. The lowest BCUT2D eigenvalue weighted by molar-refractivity contribution is 0.624. The van der Waals surface area contributed by atoms with Crippen LogP contribution in [-0.2, 0) is 0 Å². The molecule has 5 heteroatoms. The Morgan fingerprint density at radius 3 is 3.00 bits per heavy atom. The molecule has 0 unspecified atom stereocenters. The highest BCUT2D eigenvalue weighted by molar-refractivity contribution is 5.35. The smallest absolute Gasteiger partial charge is 0.164 e. The van der Waals surface area contributed by atoms with Crippen LogP contribution in [0.5, 0.6) is 0 Å². The highest BCUT2D eigenvalue weighted by atomic mass is 19.1. The number of benzene rings is 1. The second-order valence-electron chi connectivity index (χ2n) is 2.62. The van der Waals surface area contributed by atoms with Crippen molar-refractivity contribution in [2.75, 3.05) is 0 Å². The fourth-order valence-corrected chi connectivity index (χ4v) is 1.11. The molecule has 0 spiro atoms. The molecule has 0 radical (unpaired) electrons. The Balaban J connectivity index is 2.56. The summed E-state index contributed by atoms with van der Waals surface area (Å²) in [5.74, 6) is -0.373. The van der Waals surface area contributed by atoms with Gasteiger partial charge in [-0.25, -0.2) is 9.07 Å². The van der Waals surface area contributed by atoms with Gasteiger partial charge in [-0.1, -0.05) is 11.3 Å². The van der Waals surface area contributed by atoms with E-state index in [9.17, 15) is 4.39 Å². The van der Waals surface area contributed by atoms with Gasteiger partial charge >= 0.3 is 0 Å². The first-order valence-corrected chi connectivity index (χ1v) is 3.88. The monoisotopic (exact) mass is 188 g/mol. The summed E-state index contributed by atoms with van der Waals surface area (Å²) >= 11 is 0. The summed E-state index contributed by atoms with van der Waals surface area (Å²) in [4.78, 5) is 0. The van der Waals surface area contributed by atoms with E-state index in [4.69, 9.17) is 5.26 Å². The van der Waals surface area contributed by atoms with E-state index < -0.39 is 0 Å². The Labute approximate surface area is 79.2 Å². The zero-order chi connectivity index (χ0) is 9.97. The van der Waals surface area contributed by atoms with Gasteiger partial charge in [-0.3, -0.25) is 0 Å². The predicted octanol–water partition coefficient (Wildman–Crippen LogP) is 1.28. The largest absolute Gasteiger partial charge is 0.207 e. The average molecular weight is 188 g/mol. The van der Waals surface area contributed by atoms with Gasteiger partial charge in [-0.05, 0) is 18.2 Å². The standard InChI is InChI=1S/C9H5FN4/c10-7-2-1-3-8(4-7)14-9(5-11)6-12-13-14/h1-4,6H. The Hall–Kier alpha value is -2.22. The number of nitrogens with zero attached hydrogens (tertiary/aromatic N) is 4. The first kappa shape index (κ1) is 8.38. The van der Waals surface area contributed by atoms with Crippen LogP contribution in [0.3, 0.4) is 0 Å². The van der Waals surface area contributed by atoms with Crippen molar-refractivity contribution in [2.24, 2.45) is 0 Å². The molecule has 0 atom stereocenters. The topological polar surface area (TPSA) is 54.5 Å². The van der Waals surface area contributed by atoms with E-state index in [0.29, 0.717) is 5.69 Å². The van der Waals surface area contributed by atoms with Crippen molar-refractivity contribution in [3.05, 3.63) is 42.0 Å².